The number of nitrogens with zero attached hydrogens (tertiary/aromatic N) is 2. The van der Waals surface area contributed by atoms with E-state index in [1.165, 1.54) is 10.6 Å². The number of anilines is 1. The SMILES string of the molecule is Cc1cccc(N(CCCC(=O)N(CCc2ccccc2)[C@H](C)C(=O)NC2CCCC2)S(C)(=O)=O)c1C. The minimum atomic E-state index is -3.52. The summed E-state index contributed by atoms with van der Waals surface area (Å²) in [4.78, 5) is 28.1. The summed E-state index contributed by atoms with van der Waals surface area (Å²) in [7, 11) is -3.52. The average molecular weight is 528 g/mol. The lowest BCUT2D eigenvalue weighted by atomic mass is 10.1. The Kier molecular flexibility index (Phi) is 10.1. The second-order valence-corrected chi connectivity index (χ2v) is 12.1. The Morgan fingerprint density at radius 3 is 2.32 bits per heavy atom. The van der Waals surface area contributed by atoms with Crippen LogP contribution in [-0.2, 0) is 26.0 Å². The summed E-state index contributed by atoms with van der Waals surface area (Å²) in [6.07, 6.45) is 6.56. The summed E-state index contributed by atoms with van der Waals surface area (Å²) < 4.78 is 26.6. The molecule has 37 heavy (non-hydrogen) atoms. The molecule has 1 aliphatic carbocycles. The third kappa shape index (κ3) is 8.06. The summed E-state index contributed by atoms with van der Waals surface area (Å²) in [5.74, 6) is -0.263. The van der Waals surface area contributed by atoms with Crippen LogP contribution in [0.3, 0.4) is 0 Å². The molecule has 0 heterocycles. The number of rotatable bonds is 12. The van der Waals surface area contributed by atoms with Crippen LogP contribution in [0.4, 0.5) is 5.69 Å². The molecule has 3 rings (SSSR count). The van der Waals surface area contributed by atoms with E-state index in [9.17, 15) is 18.0 Å². The number of benzene rings is 2. The zero-order valence-corrected chi connectivity index (χ0v) is 23.4. The van der Waals surface area contributed by atoms with E-state index in [0.717, 1.165) is 42.4 Å². The minimum Gasteiger partial charge on any atom is -0.352 e. The van der Waals surface area contributed by atoms with Crippen molar-refractivity contribution in [2.24, 2.45) is 0 Å². The highest BCUT2D eigenvalue weighted by Gasteiger charge is 2.28. The Balaban J connectivity index is 1.69. The summed E-state index contributed by atoms with van der Waals surface area (Å²) >= 11 is 0. The topological polar surface area (TPSA) is 86.8 Å². The number of hydrogen-bond acceptors (Lipinski definition) is 4. The third-order valence-electron chi connectivity index (χ3n) is 7.35. The molecule has 1 fully saturated rings. The molecule has 0 saturated heterocycles. The Labute approximate surface area is 222 Å². The van der Waals surface area contributed by atoms with Gasteiger partial charge in [0, 0.05) is 25.6 Å². The van der Waals surface area contributed by atoms with Crippen LogP contribution < -0.4 is 9.62 Å². The standard InChI is InChI=1S/C29H41N3O4S/c1-22-12-10-17-27(23(22)2)32(37(4,35)36)20-11-18-28(33)31(21-19-25-13-6-5-7-14-25)24(3)29(34)30-26-15-8-9-16-26/h5-7,10,12-14,17,24,26H,8-9,11,15-16,18-21H2,1-4H3,(H,30,34)/t24-/m1/s1. The van der Waals surface area contributed by atoms with Crippen molar-refractivity contribution in [2.45, 2.75) is 77.8 Å². The smallest absolute Gasteiger partial charge is 0.242 e. The molecule has 1 atom stereocenters. The second kappa shape index (κ2) is 13.1. The molecule has 2 aromatic carbocycles. The second-order valence-electron chi connectivity index (χ2n) is 10.1. The molecule has 0 bridgehead atoms. The van der Waals surface area contributed by atoms with Crippen molar-refractivity contribution in [1.82, 2.24) is 10.2 Å². The van der Waals surface area contributed by atoms with Gasteiger partial charge < -0.3 is 10.2 Å². The molecular formula is C29H41N3O4S. The Morgan fingerprint density at radius 1 is 1.00 bits per heavy atom. The quantitative estimate of drug-likeness (QED) is 0.444. The normalized spacial score (nSPS) is 14.8. The molecule has 7 nitrogen and oxygen atoms in total. The number of sulfonamides is 1. The van der Waals surface area contributed by atoms with Crippen molar-refractivity contribution in [3.8, 4) is 0 Å². The fourth-order valence-corrected chi connectivity index (χ4v) is 5.97. The van der Waals surface area contributed by atoms with Gasteiger partial charge in [0.15, 0.2) is 0 Å². The van der Waals surface area contributed by atoms with E-state index in [1.54, 1.807) is 17.9 Å². The summed E-state index contributed by atoms with van der Waals surface area (Å²) in [6.45, 7) is 6.26. The van der Waals surface area contributed by atoms with Gasteiger partial charge in [0.1, 0.15) is 6.04 Å². The van der Waals surface area contributed by atoms with Gasteiger partial charge in [0.05, 0.1) is 11.9 Å². The number of carbonyl (C=O) groups is 2. The first-order valence-electron chi connectivity index (χ1n) is 13.3. The van der Waals surface area contributed by atoms with Gasteiger partial charge in [-0.25, -0.2) is 8.42 Å². The highest BCUT2D eigenvalue weighted by atomic mass is 32.2. The van der Waals surface area contributed by atoms with Crippen LogP contribution in [-0.4, -0.2) is 56.6 Å². The summed E-state index contributed by atoms with van der Waals surface area (Å²) in [5, 5.41) is 3.12. The molecular weight excluding hydrogens is 486 g/mol. The van der Waals surface area contributed by atoms with Crippen molar-refractivity contribution in [3.63, 3.8) is 0 Å². The Hall–Kier alpha value is -2.87. The van der Waals surface area contributed by atoms with E-state index in [4.69, 9.17) is 0 Å². The van der Waals surface area contributed by atoms with E-state index in [2.05, 4.69) is 5.32 Å². The van der Waals surface area contributed by atoms with Gasteiger partial charge in [-0.2, -0.15) is 0 Å². The maximum atomic E-state index is 13.4. The van der Waals surface area contributed by atoms with Crippen molar-refractivity contribution in [3.05, 3.63) is 65.2 Å². The summed E-state index contributed by atoms with van der Waals surface area (Å²) in [5.41, 5.74) is 3.65. The molecule has 0 aliphatic heterocycles. The molecule has 0 spiro atoms. The molecule has 1 N–H and O–H groups in total. The van der Waals surface area contributed by atoms with Crippen LogP contribution in [0.25, 0.3) is 0 Å². The molecule has 1 aliphatic rings. The maximum absolute atomic E-state index is 13.4. The molecule has 202 valence electrons. The van der Waals surface area contributed by atoms with Crippen LogP contribution in [0.1, 0.15) is 62.1 Å². The molecule has 1 saturated carbocycles. The van der Waals surface area contributed by atoms with Crippen molar-refractivity contribution in [1.29, 1.82) is 0 Å². The van der Waals surface area contributed by atoms with E-state index < -0.39 is 16.1 Å². The van der Waals surface area contributed by atoms with Crippen LogP contribution in [0.15, 0.2) is 48.5 Å². The van der Waals surface area contributed by atoms with Crippen LogP contribution >= 0.6 is 0 Å². The first kappa shape index (κ1) is 28.7. The van der Waals surface area contributed by atoms with Crippen LogP contribution in [0.5, 0.6) is 0 Å². The first-order chi connectivity index (χ1) is 17.6. The molecule has 2 aromatic rings. The van der Waals surface area contributed by atoms with Crippen LogP contribution in [0.2, 0.25) is 0 Å². The van der Waals surface area contributed by atoms with E-state index in [0.29, 0.717) is 25.1 Å². The van der Waals surface area contributed by atoms with Crippen molar-refractivity contribution >= 4 is 27.5 Å². The highest BCUT2D eigenvalue weighted by molar-refractivity contribution is 7.92. The monoisotopic (exact) mass is 527 g/mol. The minimum absolute atomic E-state index is 0.124. The zero-order valence-electron chi connectivity index (χ0n) is 22.6. The van der Waals surface area contributed by atoms with Gasteiger partial charge in [-0.05, 0) is 69.2 Å². The number of aryl methyl sites for hydroxylation is 1. The lowest BCUT2D eigenvalue weighted by Crippen LogP contribution is -2.50. The number of hydrogen-bond donors (Lipinski definition) is 1. The van der Waals surface area contributed by atoms with Gasteiger partial charge in [-0.15, -0.1) is 0 Å². The largest absolute Gasteiger partial charge is 0.352 e. The van der Waals surface area contributed by atoms with Gasteiger partial charge >= 0.3 is 0 Å². The van der Waals surface area contributed by atoms with E-state index in [-0.39, 0.29) is 30.8 Å². The first-order valence-corrected chi connectivity index (χ1v) is 15.1. The van der Waals surface area contributed by atoms with Gasteiger partial charge in [-0.3, -0.25) is 13.9 Å². The van der Waals surface area contributed by atoms with E-state index >= 15 is 0 Å². The summed E-state index contributed by atoms with van der Waals surface area (Å²) in [6, 6.07) is 15.1. The lowest BCUT2D eigenvalue weighted by Gasteiger charge is -2.30. The van der Waals surface area contributed by atoms with Gasteiger partial charge in [-0.1, -0.05) is 55.3 Å². The lowest BCUT2D eigenvalue weighted by molar-refractivity contribution is -0.140. The molecule has 0 aromatic heterocycles. The highest BCUT2D eigenvalue weighted by Crippen LogP contribution is 2.25. The predicted molar refractivity (Wildman–Crippen MR) is 149 cm³/mol. The predicted octanol–water partition coefficient (Wildman–Crippen LogP) is 4.37. The molecule has 0 radical (unpaired) electrons. The fourth-order valence-electron chi connectivity index (χ4n) is 4.95. The molecule has 8 heteroatoms. The fraction of sp³-hybridized carbons (Fsp3) is 0.517. The van der Waals surface area contributed by atoms with Crippen molar-refractivity contribution < 1.29 is 18.0 Å². The van der Waals surface area contributed by atoms with Crippen LogP contribution in [0, 0.1) is 13.8 Å². The maximum Gasteiger partial charge on any atom is 0.242 e. The number of amides is 2. The average Bonchev–Trinajstić information content (AvgIpc) is 3.37. The third-order valence-corrected chi connectivity index (χ3v) is 8.53. The Bertz CT molecular complexity index is 1160. The molecule has 2 amide bonds. The van der Waals surface area contributed by atoms with Gasteiger partial charge in [0.2, 0.25) is 21.8 Å². The zero-order chi connectivity index (χ0) is 27.0. The number of nitrogens with one attached hydrogen (secondary N) is 1. The molecule has 0 unspecified atom stereocenters. The van der Waals surface area contributed by atoms with Gasteiger partial charge in [0.25, 0.3) is 0 Å². The van der Waals surface area contributed by atoms with Crippen molar-refractivity contribution in [2.75, 3.05) is 23.7 Å². The Morgan fingerprint density at radius 2 is 1.68 bits per heavy atom. The number of carbonyl (C=O) groups excluding carboxylic acids is 2. The van der Waals surface area contributed by atoms with E-state index in [1.807, 2.05) is 56.3 Å².